The van der Waals surface area contributed by atoms with Crippen LogP contribution in [0.25, 0.3) is 10.6 Å². The Morgan fingerprint density at radius 2 is 1.00 bits per heavy atom. The fourth-order valence-corrected chi connectivity index (χ4v) is 12.8. The number of thiazole rings is 1. The summed E-state index contributed by atoms with van der Waals surface area (Å²) in [6, 6.07) is 43.1. The first-order valence-electron chi connectivity index (χ1n) is 10.6. The molecule has 0 aliphatic rings. The van der Waals surface area contributed by atoms with E-state index in [9.17, 15) is 0 Å². The number of nitrogens with zero attached hydrogens (tertiary/aromatic N) is 1. The molecule has 0 radical (unpaired) electrons. The Morgan fingerprint density at radius 3 is 1.44 bits per heavy atom. The molecule has 5 rings (SSSR count). The molecule has 0 aliphatic heterocycles. The van der Waals surface area contributed by atoms with E-state index in [1.807, 2.05) is 6.07 Å². The minimum absolute atomic E-state index is 0.812. The first-order chi connectivity index (χ1) is 15.7. The molecule has 0 N–H and O–H groups in total. The molecule has 4 aromatic carbocycles. The molecule has 0 unspecified atom stereocenters. The van der Waals surface area contributed by atoms with E-state index in [0.29, 0.717) is 0 Å². The molecule has 0 bridgehead atoms. The van der Waals surface area contributed by atoms with Crippen LogP contribution in [0.1, 0.15) is 5.69 Å². The molecule has 0 atom stereocenters. The zero-order chi connectivity index (χ0) is 21.9. The van der Waals surface area contributed by atoms with E-state index >= 15 is 0 Å². The summed E-state index contributed by atoms with van der Waals surface area (Å²) in [5.74, 6) is 0. The second-order valence-electron chi connectivity index (χ2n) is 7.86. The number of halogens is 1. The average molecular weight is 516 g/mol. The number of rotatable bonds is 6. The summed E-state index contributed by atoms with van der Waals surface area (Å²) in [5, 5.41) is 4.20. The van der Waals surface area contributed by atoms with Crippen molar-refractivity contribution in [2.24, 2.45) is 0 Å². The van der Waals surface area contributed by atoms with Crippen LogP contribution < -0.4 is 15.9 Å². The molecule has 0 amide bonds. The predicted octanol–water partition coefficient (Wildman–Crippen LogP) is 7.15. The predicted molar refractivity (Wildman–Crippen MR) is 145 cm³/mol. The monoisotopic (exact) mass is 515 g/mol. The van der Waals surface area contributed by atoms with Crippen molar-refractivity contribution < 1.29 is 0 Å². The Balaban J connectivity index is 1.75. The van der Waals surface area contributed by atoms with Crippen LogP contribution >= 0.6 is 32.1 Å². The van der Waals surface area contributed by atoms with Crippen molar-refractivity contribution in [2.45, 2.75) is 6.16 Å². The van der Waals surface area contributed by atoms with Crippen LogP contribution in [0.5, 0.6) is 0 Å². The van der Waals surface area contributed by atoms with Crippen molar-refractivity contribution in [3.05, 3.63) is 132 Å². The molecular weight excluding hydrogens is 493 g/mol. The summed E-state index contributed by atoms with van der Waals surface area (Å²) < 4.78 is 0. The number of hydrogen-bond donors (Lipinski definition) is 0. The maximum atomic E-state index is 5.11. The van der Waals surface area contributed by atoms with Crippen LogP contribution in [0.3, 0.4) is 0 Å². The SMILES string of the molecule is BrP(Cc1csc(-c2ccccc2)n1)(c1ccccc1)(c1ccccc1)c1ccccc1. The van der Waals surface area contributed by atoms with Crippen molar-refractivity contribution in [1.29, 1.82) is 0 Å². The molecule has 0 fully saturated rings. The summed E-state index contributed by atoms with van der Waals surface area (Å²) in [6.07, 6.45) is 0.812. The van der Waals surface area contributed by atoms with Gasteiger partial charge in [0.2, 0.25) is 0 Å². The van der Waals surface area contributed by atoms with E-state index in [1.54, 1.807) is 11.3 Å². The van der Waals surface area contributed by atoms with Gasteiger partial charge in [-0.3, -0.25) is 0 Å². The maximum absolute atomic E-state index is 5.11. The molecule has 5 aromatic rings. The molecule has 158 valence electrons. The van der Waals surface area contributed by atoms with Gasteiger partial charge in [-0.25, -0.2) is 0 Å². The second kappa shape index (κ2) is 8.75. The second-order valence-corrected chi connectivity index (χ2v) is 17.6. The summed E-state index contributed by atoms with van der Waals surface area (Å²) in [6.45, 7) is 0. The Kier molecular flexibility index (Phi) is 5.82. The van der Waals surface area contributed by atoms with Gasteiger partial charge in [0.1, 0.15) is 0 Å². The van der Waals surface area contributed by atoms with Crippen molar-refractivity contribution in [3.63, 3.8) is 0 Å². The molecule has 1 aromatic heterocycles. The van der Waals surface area contributed by atoms with E-state index < -0.39 is 5.31 Å². The zero-order valence-corrected chi connectivity index (χ0v) is 20.8. The third-order valence-corrected chi connectivity index (χ3v) is 16.3. The van der Waals surface area contributed by atoms with Crippen molar-refractivity contribution in [1.82, 2.24) is 4.98 Å². The van der Waals surface area contributed by atoms with Crippen molar-refractivity contribution >= 4 is 48.0 Å². The summed E-state index contributed by atoms with van der Waals surface area (Å²) in [7, 11) is 0. The van der Waals surface area contributed by atoms with Crippen LogP contribution in [0.4, 0.5) is 0 Å². The van der Waals surface area contributed by atoms with Gasteiger partial charge in [0.15, 0.2) is 0 Å². The van der Waals surface area contributed by atoms with Gasteiger partial charge >= 0.3 is 202 Å². The van der Waals surface area contributed by atoms with Crippen LogP contribution in [-0.2, 0) is 6.16 Å². The first-order valence-corrected chi connectivity index (χ1v) is 15.9. The third-order valence-electron chi connectivity index (χ3n) is 5.92. The molecule has 0 saturated heterocycles. The van der Waals surface area contributed by atoms with Gasteiger partial charge < -0.3 is 0 Å². The Hall–Kier alpha value is -2.58. The Labute approximate surface area is 201 Å². The summed E-state index contributed by atoms with van der Waals surface area (Å²) >= 11 is 6.23. The van der Waals surface area contributed by atoms with Crippen molar-refractivity contribution in [2.75, 3.05) is 0 Å². The van der Waals surface area contributed by atoms with Crippen LogP contribution in [0, 0.1) is 0 Å². The molecule has 1 nitrogen and oxygen atoms in total. The minimum atomic E-state index is -3.01. The number of aromatic nitrogens is 1. The summed E-state index contributed by atoms with van der Waals surface area (Å²) in [5.41, 5.74) is 2.28. The van der Waals surface area contributed by atoms with E-state index in [4.69, 9.17) is 4.98 Å². The van der Waals surface area contributed by atoms with Crippen LogP contribution in [-0.4, -0.2) is 4.98 Å². The number of hydrogen-bond acceptors (Lipinski definition) is 2. The molecule has 4 heteroatoms. The van der Waals surface area contributed by atoms with E-state index in [2.05, 4.69) is 136 Å². The van der Waals surface area contributed by atoms with Crippen LogP contribution in [0.2, 0.25) is 0 Å². The molecular formula is C28H23BrNPS. The standard InChI is InChI=1S/C28H23BrNPS/c29-31(25-15-7-2-8-16-25,26-17-9-3-10-18-26,27-19-11-4-12-20-27)21-24-22-32-28(30-24)23-13-5-1-6-14-23/h1-20,22H,21H2. The fourth-order valence-electron chi connectivity index (χ4n) is 4.33. The quantitative estimate of drug-likeness (QED) is 0.219. The first kappa shape index (κ1) is 21.3. The van der Waals surface area contributed by atoms with E-state index in [-0.39, 0.29) is 0 Å². The Morgan fingerprint density at radius 1 is 0.594 bits per heavy atom. The van der Waals surface area contributed by atoms with Gasteiger partial charge in [0, 0.05) is 0 Å². The normalized spacial score (nSPS) is 12.7. The fraction of sp³-hybridized carbons (Fsp3) is 0.0357. The average Bonchev–Trinajstić information content (AvgIpc) is 3.34. The Bertz CT molecular complexity index is 1210. The van der Waals surface area contributed by atoms with Gasteiger partial charge in [0.05, 0.1) is 0 Å². The molecule has 1 heterocycles. The third kappa shape index (κ3) is 3.65. The van der Waals surface area contributed by atoms with E-state index in [0.717, 1.165) is 22.4 Å². The van der Waals surface area contributed by atoms with Crippen molar-refractivity contribution in [3.8, 4) is 10.6 Å². The van der Waals surface area contributed by atoms with Gasteiger partial charge in [0.25, 0.3) is 0 Å². The molecule has 0 spiro atoms. The molecule has 0 saturated carbocycles. The van der Waals surface area contributed by atoms with Gasteiger partial charge in [-0.2, -0.15) is 0 Å². The van der Waals surface area contributed by atoms with Gasteiger partial charge in [-0.05, 0) is 0 Å². The zero-order valence-electron chi connectivity index (χ0n) is 17.5. The van der Waals surface area contributed by atoms with Gasteiger partial charge in [-0.15, -0.1) is 0 Å². The molecule has 32 heavy (non-hydrogen) atoms. The molecule has 0 aliphatic carbocycles. The van der Waals surface area contributed by atoms with Gasteiger partial charge in [-0.1, -0.05) is 0 Å². The summed E-state index contributed by atoms with van der Waals surface area (Å²) in [4.78, 5) is 5.11. The van der Waals surface area contributed by atoms with Crippen LogP contribution in [0.15, 0.2) is 127 Å². The number of benzene rings is 4. The topological polar surface area (TPSA) is 12.9 Å². The van der Waals surface area contributed by atoms with E-state index in [1.165, 1.54) is 15.9 Å².